The summed E-state index contributed by atoms with van der Waals surface area (Å²) in [4.78, 5) is 0. The van der Waals surface area contributed by atoms with Crippen LogP contribution in [0.4, 0.5) is 4.39 Å². The van der Waals surface area contributed by atoms with Crippen LogP contribution in [0.25, 0.3) is 0 Å². The maximum atomic E-state index is 14.1. The Morgan fingerprint density at radius 2 is 1.68 bits per heavy atom. The van der Waals surface area contributed by atoms with Crippen LogP contribution in [0.1, 0.15) is 17.2 Å². The fourth-order valence-corrected chi connectivity index (χ4v) is 2.97. The Bertz CT molecular complexity index is 634. The molecule has 2 aromatic rings. The van der Waals surface area contributed by atoms with E-state index in [1.807, 2.05) is 0 Å². The van der Waals surface area contributed by atoms with Crippen molar-refractivity contribution in [1.82, 2.24) is 0 Å². The topological polar surface area (TPSA) is 26.0 Å². The van der Waals surface area contributed by atoms with Crippen LogP contribution in [-0.4, -0.2) is 0 Å². The second kappa shape index (κ2) is 6.10. The van der Waals surface area contributed by atoms with Gasteiger partial charge in [0.2, 0.25) is 0 Å². The van der Waals surface area contributed by atoms with Crippen LogP contribution < -0.4 is 5.73 Å². The fraction of sp³-hybridized carbons (Fsp3) is 0.0769. The summed E-state index contributed by atoms with van der Waals surface area (Å²) >= 11 is 18.5. The van der Waals surface area contributed by atoms with Crippen molar-refractivity contribution in [3.05, 3.63) is 66.3 Å². The zero-order valence-electron chi connectivity index (χ0n) is 9.43. The molecule has 1 nitrogen and oxygen atoms in total. The number of nitrogens with two attached hydrogens (primary N) is 1. The van der Waals surface area contributed by atoms with E-state index in [0.717, 1.165) is 4.47 Å². The van der Waals surface area contributed by atoms with Gasteiger partial charge in [0.25, 0.3) is 0 Å². The van der Waals surface area contributed by atoms with E-state index in [1.165, 1.54) is 0 Å². The Morgan fingerprint density at radius 3 is 2.32 bits per heavy atom. The molecule has 6 heteroatoms. The highest BCUT2D eigenvalue weighted by Gasteiger charge is 2.19. The molecular weight excluding hydrogens is 420 g/mol. The zero-order chi connectivity index (χ0) is 14.2. The van der Waals surface area contributed by atoms with Gasteiger partial charge in [-0.05, 0) is 39.7 Å². The molecule has 0 bridgehead atoms. The lowest BCUT2D eigenvalue weighted by atomic mass is 9.99. The molecule has 0 aliphatic heterocycles. The minimum absolute atomic E-state index is 0.0150. The van der Waals surface area contributed by atoms with Crippen LogP contribution >= 0.6 is 55.1 Å². The van der Waals surface area contributed by atoms with Crippen molar-refractivity contribution in [1.29, 1.82) is 0 Å². The molecule has 19 heavy (non-hydrogen) atoms. The first-order chi connectivity index (χ1) is 8.91. The first kappa shape index (κ1) is 15.3. The summed E-state index contributed by atoms with van der Waals surface area (Å²) in [6.07, 6.45) is 0. The van der Waals surface area contributed by atoms with E-state index in [9.17, 15) is 4.39 Å². The molecule has 100 valence electrons. The SMILES string of the molecule is NC(c1ccc(Br)cc1Cl)c1ccc(Br)c(Cl)c1F. The lowest BCUT2D eigenvalue weighted by Gasteiger charge is -2.16. The summed E-state index contributed by atoms with van der Waals surface area (Å²) < 4.78 is 15.4. The van der Waals surface area contributed by atoms with Crippen molar-refractivity contribution < 1.29 is 4.39 Å². The van der Waals surface area contributed by atoms with E-state index in [0.29, 0.717) is 20.6 Å². The van der Waals surface area contributed by atoms with Gasteiger partial charge in [-0.15, -0.1) is 0 Å². The van der Waals surface area contributed by atoms with Crippen molar-refractivity contribution in [2.24, 2.45) is 5.73 Å². The molecule has 0 aliphatic carbocycles. The Balaban J connectivity index is 2.50. The third kappa shape index (κ3) is 3.14. The van der Waals surface area contributed by atoms with Crippen molar-refractivity contribution in [2.45, 2.75) is 6.04 Å². The van der Waals surface area contributed by atoms with E-state index in [2.05, 4.69) is 31.9 Å². The van der Waals surface area contributed by atoms with Gasteiger partial charge in [0.15, 0.2) is 0 Å². The maximum Gasteiger partial charge on any atom is 0.148 e. The Labute approximate surface area is 137 Å². The highest BCUT2D eigenvalue weighted by atomic mass is 79.9. The summed E-state index contributed by atoms with van der Waals surface area (Å²) in [6, 6.07) is 7.86. The van der Waals surface area contributed by atoms with E-state index in [4.69, 9.17) is 28.9 Å². The largest absolute Gasteiger partial charge is 0.320 e. The van der Waals surface area contributed by atoms with Crippen LogP contribution in [0.5, 0.6) is 0 Å². The minimum atomic E-state index is -0.675. The molecule has 0 aliphatic rings. The Morgan fingerprint density at radius 1 is 1.05 bits per heavy atom. The molecule has 2 aromatic carbocycles. The van der Waals surface area contributed by atoms with Crippen LogP contribution in [0.15, 0.2) is 39.3 Å². The molecule has 1 atom stereocenters. The number of benzene rings is 2. The summed E-state index contributed by atoms with van der Waals surface area (Å²) in [5, 5.41) is 0.488. The zero-order valence-corrected chi connectivity index (χ0v) is 14.1. The standard InChI is InChI=1S/C13H8Br2Cl2FN/c14-6-1-2-7(10(16)5-6)13(19)8-3-4-9(15)11(17)12(8)18/h1-5,13H,19H2. The molecule has 0 fully saturated rings. The second-order valence-electron chi connectivity index (χ2n) is 3.91. The highest BCUT2D eigenvalue weighted by Crippen LogP contribution is 2.34. The molecule has 0 saturated carbocycles. The smallest absolute Gasteiger partial charge is 0.148 e. The van der Waals surface area contributed by atoms with Gasteiger partial charge in [-0.3, -0.25) is 0 Å². The molecular formula is C13H8Br2Cl2FN. The molecule has 0 radical (unpaired) electrons. The normalized spacial score (nSPS) is 12.5. The quantitative estimate of drug-likeness (QED) is 0.611. The average molecular weight is 428 g/mol. The van der Waals surface area contributed by atoms with Gasteiger partial charge in [-0.1, -0.05) is 51.3 Å². The van der Waals surface area contributed by atoms with Crippen molar-refractivity contribution in [2.75, 3.05) is 0 Å². The van der Waals surface area contributed by atoms with Crippen molar-refractivity contribution >= 4 is 55.1 Å². The molecule has 2 N–H and O–H groups in total. The lowest BCUT2D eigenvalue weighted by Crippen LogP contribution is -2.14. The van der Waals surface area contributed by atoms with Gasteiger partial charge in [0.1, 0.15) is 5.82 Å². The summed E-state index contributed by atoms with van der Waals surface area (Å²) in [6.45, 7) is 0. The molecule has 0 saturated heterocycles. The van der Waals surface area contributed by atoms with E-state index >= 15 is 0 Å². The van der Waals surface area contributed by atoms with Gasteiger partial charge >= 0.3 is 0 Å². The Kier molecular flexibility index (Phi) is 4.90. The molecule has 0 amide bonds. The fourth-order valence-electron chi connectivity index (χ4n) is 1.70. The van der Waals surface area contributed by atoms with Gasteiger partial charge in [-0.25, -0.2) is 4.39 Å². The number of hydrogen-bond donors (Lipinski definition) is 1. The predicted octanol–water partition coefficient (Wildman–Crippen LogP) is 5.71. The first-order valence-corrected chi connectivity index (χ1v) is 7.60. The van der Waals surface area contributed by atoms with Crippen LogP contribution in [0.2, 0.25) is 10.0 Å². The van der Waals surface area contributed by atoms with E-state index in [-0.39, 0.29) is 5.02 Å². The monoisotopic (exact) mass is 425 g/mol. The van der Waals surface area contributed by atoms with Gasteiger partial charge in [0, 0.05) is 19.5 Å². The molecule has 2 rings (SSSR count). The van der Waals surface area contributed by atoms with Crippen LogP contribution in [0, 0.1) is 5.82 Å². The Hall–Kier alpha value is -0.130. The molecule has 0 spiro atoms. The number of rotatable bonds is 2. The van der Waals surface area contributed by atoms with Gasteiger partial charge in [-0.2, -0.15) is 0 Å². The predicted molar refractivity (Wildman–Crippen MR) is 84.3 cm³/mol. The van der Waals surface area contributed by atoms with Crippen molar-refractivity contribution in [3.63, 3.8) is 0 Å². The molecule has 1 unspecified atom stereocenters. The molecule has 0 aromatic heterocycles. The molecule has 0 heterocycles. The lowest BCUT2D eigenvalue weighted by molar-refractivity contribution is 0.599. The van der Waals surface area contributed by atoms with Crippen LogP contribution in [-0.2, 0) is 0 Å². The number of halogens is 5. The summed E-state index contributed by atoms with van der Waals surface area (Å²) in [5.74, 6) is -0.539. The third-order valence-corrected chi connectivity index (χ3v) is 4.78. The van der Waals surface area contributed by atoms with E-state index in [1.54, 1.807) is 30.3 Å². The average Bonchev–Trinajstić information content (AvgIpc) is 2.35. The highest BCUT2D eigenvalue weighted by molar-refractivity contribution is 9.10. The minimum Gasteiger partial charge on any atom is -0.320 e. The number of hydrogen-bond acceptors (Lipinski definition) is 1. The third-order valence-electron chi connectivity index (χ3n) is 2.70. The van der Waals surface area contributed by atoms with Crippen molar-refractivity contribution in [3.8, 4) is 0 Å². The summed E-state index contributed by atoms with van der Waals surface area (Å²) in [5.41, 5.74) is 7.02. The van der Waals surface area contributed by atoms with Crippen LogP contribution in [0.3, 0.4) is 0 Å². The van der Waals surface area contributed by atoms with Gasteiger partial charge in [0.05, 0.1) is 11.1 Å². The first-order valence-electron chi connectivity index (χ1n) is 5.25. The maximum absolute atomic E-state index is 14.1. The van der Waals surface area contributed by atoms with E-state index < -0.39 is 11.9 Å². The van der Waals surface area contributed by atoms with Gasteiger partial charge < -0.3 is 5.73 Å². The second-order valence-corrected chi connectivity index (χ2v) is 6.46. The summed E-state index contributed by atoms with van der Waals surface area (Å²) in [7, 11) is 0.